The highest BCUT2D eigenvalue weighted by Crippen LogP contribution is 2.37. The molecule has 3 heteroatoms. The van der Waals surface area contributed by atoms with Gasteiger partial charge in [0.1, 0.15) is 0 Å². The molecule has 0 bridgehead atoms. The fraction of sp³-hybridized carbons (Fsp3) is 0.250. The largest absolute Gasteiger partial charge is 0.376 e. The van der Waals surface area contributed by atoms with Gasteiger partial charge in [0.05, 0.1) is 16.8 Å². The summed E-state index contributed by atoms with van der Waals surface area (Å²) in [6, 6.07) is 13.6. The van der Waals surface area contributed by atoms with Crippen molar-refractivity contribution >= 4 is 22.9 Å². The first-order valence-corrected chi connectivity index (χ1v) is 7.85. The van der Waals surface area contributed by atoms with Crippen molar-refractivity contribution in [1.29, 1.82) is 0 Å². The van der Waals surface area contributed by atoms with Crippen molar-refractivity contribution in [2.45, 2.75) is 33.2 Å². The molecule has 1 amide bonds. The topological polar surface area (TPSA) is 41.1 Å². The van der Waals surface area contributed by atoms with Gasteiger partial charge in [0.15, 0.2) is 0 Å². The molecule has 0 atom stereocenters. The number of para-hydroxylation sites is 1. The van der Waals surface area contributed by atoms with Crippen molar-refractivity contribution in [1.82, 2.24) is 0 Å². The van der Waals surface area contributed by atoms with Crippen molar-refractivity contribution in [3.8, 4) is 0 Å². The second-order valence-corrected chi connectivity index (χ2v) is 6.73. The van der Waals surface area contributed by atoms with Crippen molar-refractivity contribution < 1.29 is 4.79 Å². The van der Waals surface area contributed by atoms with Gasteiger partial charge in [0.25, 0.3) is 5.91 Å². The Kier molecular flexibility index (Phi) is 3.72. The monoisotopic (exact) mass is 306 g/mol. The second kappa shape index (κ2) is 5.58. The third-order valence-corrected chi connectivity index (χ3v) is 4.01. The summed E-state index contributed by atoms with van der Waals surface area (Å²) >= 11 is 0. The van der Waals surface area contributed by atoms with Crippen LogP contribution in [0.1, 0.15) is 42.3 Å². The lowest BCUT2D eigenvalue weighted by molar-refractivity contribution is 0.102. The molecule has 3 rings (SSSR count). The predicted molar refractivity (Wildman–Crippen MR) is 96.9 cm³/mol. The molecule has 0 aliphatic carbocycles. The van der Waals surface area contributed by atoms with Crippen LogP contribution >= 0.6 is 0 Å². The van der Waals surface area contributed by atoms with Crippen LogP contribution in [0.2, 0.25) is 0 Å². The van der Waals surface area contributed by atoms with E-state index >= 15 is 0 Å². The molecule has 0 saturated carbocycles. The van der Waals surface area contributed by atoms with Gasteiger partial charge in [-0.1, -0.05) is 24.3 Å². The number of hydrogen-bond donors (Lipinski definition) is 2. The molecular formula is C20H22N2O. The molecule has 2 N–H and O–H groups in total. The van der Waals surface area contributed by atoms with E-state index in [4.69, 9.17) is 0 Å². The summed E-state index contributed by atoms with van der Waals surface area (Å²) in [4.78, 5) is 12.8. The molecule has 0 aromatic heterocycles. The summed E-state index contributed by atoms with van der Waals surface area (Å²) in [5.41, 5.74) is 5.60. The van der Waals surface area contributed by atoms with Crippen LogP contribution in [0.4, 0.5) is 11.4 Å². The Hall–Kier alpha value is -2.55. The van der Waals surface area contributed by atoms with Gasteiger partial charge in [-0.25, -0.2) is 0 Å². The zero-order chi connectivity index (χ0) is 16.6. The number of benzene rings is 2. The lowest BCUT2D eigenvalue weighted by Gasteiger charge is -2.33. The average molecular weight is 306 g/mol. The fourth-order valence-electron chi connectivity index (χ4n) is 3.11. The summed E-state index contributed by atoms with van der Waals surface area (Å²) < 4.78 is 0. The van der Waals surface area contributed by atoms with Gasteiger partial charge in [0, 0.05) is 11.3 Å². The molecule has 3 nitrogen and oxygen atoms in total. The summed E-state index contributed by atoms with van der Waals surface area (Å²) in [5, 5.41) is 6.47. The van der Waals surface area contributed by atoms with E-state index in [1.165, 1.54) is 5.57 Å². The van der Waals surface area contributed by atoms with Crippen molar-refractivity contribution in [3.05, 3.63) is 65.2 Å². The number of carbonyl (C=O) groups is 1. The number of anilines is 2. The highest BCUT2D eigenvalue weighted by atomic mass is 16.1. The van der Waals surface area contributed by atoms with Crippen LogP contribution in [0, 0.1) is 6.92 Å². The van der Waals surface area contributed by atoms with Crippen LogP contribution in [0.15, 0.2) is 48.5 Å². The van der Waals surface area contributed by atoms with Crippen LogP contribution < -0.4 is 10.6 Å². The van der Waals surface area contributed by atoms with E-state index in [2.05, 4.69) is 43.5 Å². The van der Waals surface area contributed by atoms with Gasteiger partial charge in [-0.05, 0) is 63.1 Å². The summed E-state index contributed by atoms with van der Waals surface area (Å²) in [6.45, 7) is 8.34. The molecule has 1 aliphatic rings. The maximum Gasteiger partial charge on any atom is 0.257 e. The third-order valence-electron chi connectivity index (χ3n) is 4.01. The number of aryl methyl sites for hydroxylation is 1. The highest BCUT2D eigenvalue weighted by Gasteiger charge is 2.26. The SMILES string of the molecule is CC1=CC(C)(C)Nc2c(C(=O)Nc3ccccc3)cc(C)cc21. The van der Waals surface area contributed by atoms with Crippen LogP contribution in [-0.2, 0) is 0 Å². The Bertz CT molecular complexity index is 789. The first-order chi connectivity index (χ1) is 10.9. The highest BCUT2D eigenvalue weighted by molar-refractivity contribution is 6.10. The van der Waals surface area contributed by atoms with E-state index in [0.29, 0.717) is 5.56 Å². The Morgan fingerprint density at radius 1 is 1.09 bits per heavy atom. The molecular weight excluding hydrogens is 284 g/mol. The lowest BCUT2D eigenvalue weighted by atomic mass is 9.88. The molecule has 0 unspecified atom stereocenters. The maximum atomic E-state index is 12.8. The molecule has 118 valence electrons. The summed E-state index contributed by atoms with van der Waals surface area (Å²) in [7, 11) is 0. The number of hydrogen-bond acceptors (Lipinski definition) is 2. The first-order valence-electron chi connectivity index (χ1n) is 7.85. The maximum absolute atomic E-state index is 12.8. The van der Waals surface area contributed by atoms with Crippen LogP contribution in [0.5, 0.6) is 0 Å². The molecule has 0 fully saturated rings. The summed E-state index contributed by atoms with van der Waals surface area (Å²) in [5.74, 6) is -0.0887. The van der Waals surface area contributed by atoms with Gasteiger partial charge >= 0.3 is 0 Å². The van der Waals surface area contributed by atoms with E-state index < -0.39 is 0 Å². The minimum absolute atomic E-state index is 0.0887. The van der Waals surface area contributed by atoms with Gasteiger partial charge < -0.3 is 10.6 Å². The Balaban J connectivity index is 2.04. The molecule has 0 radical (unpaired) electrons. The number of allylic oxidation sites excluding steroid dienone is 1. The predicted octanol–water partition coefficient (Wildman–Crippen LogP) is 4.85. The van der Waals surface area contributed by atoms with E-state index in [0.717, 1.165) is 22.5 Å². The Morgan fingerprint density at radius 2 is 1.78 bits per heavy atom. The molecule has 1 aliphatic heterocycles. The van der Waals surface area contributed by atoms with Gasteiger partial charge in [-0.2, -0.15) is 0 Å². The van der Waals surface area contributed by atoms with Crippen molar-refractivity contribution in [2.75, 3.05) is 10.6 Å². The van der Waals surface area contributed by atoms with Crippen molar-refractivity contribution in [2.24, 2.45) is 0 Å². The summed E-state index contributed by atoms with van der Waals surface area (Å²) in [6.07, 6.45) is 2.20. The molecule has 0 spiro atoms. The number of amides is 1. The second-order valence-electron chi connectivity index (χ2n) is 6.73. The molecule has 0 saturated heterocycles. The van der Waals surface area contributed by atoms with E-state index in [1.807, 2.05) is 43.3 Å². The smallest absolute Gasteiger partial charge is 0.257 e. The van der Waals surface area contributed by atoms with Gasteiger partial charge in [0.2, 0.25) is 0 Å². The fourth-order valence-corrected chi connectivity index (χ4v) is 3.11. The van der Waals surface area contributed by atoms with Gasteiger partial charge in [-0.3, -0.25) is 4.79 Å². The Morgan fingerprint density at radius 3 is 2.48 bits per heavy atom. The van der Waals surface area contributed by atoms with Gasteiger partial charge in [-0.15, -0.1) is 0 Å². The lowest BCUT2D eigenvalue weighted by Crippen LogP contribution is -2.33. The number of nitrogens with one attached hydrogen (secondary N) is 2. The van der Waals surface area contributed by atoms with E-state index in [9.17, 15) is 4.79 Å². The van der Waals surface area contributed by atoms with Crippen LogP contribution in [0.3, 0.4) is 0 Å². The molecule has 23 heavy (non-hydrogen) atoms. The van der Waals surface area contributed by atoms with E-state index in [-0.39, 0.29) is 11.4 Å². The molecule has 1 heterocycles. The molecule has 2 aromatic carbocycles. The van der Waals surface area contributed by atoms with Crippen LogP contribution in [-0.4, -0.2) is 11.4 Å². The average Bonchev–Trinajstić information content (AvgIpc) is 2.47. The van der Waals surface area contributed by atoms with Crippen molar-refractivity contribution in [3.63, 3.8) is 0 Å². The zero-order valence-electron chi connectivity index (χ0n) is 14.0. The standard InChI is InChI=1S/C20H22N2O/c1-13-10-16-14(2)12-20(3,4)22-18(16)17(11-13)19(23)21-15-8-6-5-7-9-15/h5-12,22H,1-4H3,(H,21,23). The minimum Gasteiger partial charge on any atom is -0.376 e. The van der Waals surface area contributed by atoms with E-state index in [1.54, 1.807) is 0 Å². The molecule has 2 aromatic rings. The zero-order valence-corrected chi connectivity index (χ0v) is 14.0. The first kappa shape index (κ1) is 15.3. The van der Waals surface area contributed by atoms with Crippen LogP contribution in [0.25, 0.3) is 5.57 Å². The Labute approximate surface area is 137 Å². The number of fused-ring (bicyclic) bond motifs is 1. The minimum atomic E-state index is -0.173. The number of rotatable bonds is 2. The number of carbonyl (C=O) groups excluding carboxylic acids is 1. The normalized spacial score (nSPS) is 15.2. The third kappa shape index (κ3) is 3.14. The quantitative estimate of drug-likeness (QED) is 0.832.